The number of carbonyl (C=O) groups excluding carboxylic acids is 1. The van der Waals surface area contributed by atoms with Gasteiger partial charge < -0.3 is 5.32 Å². The first kappa shape index (κ1) is 13.8. The summed E-state index contributed by atoms with van der Waals surface area (Å²) in [6.07, 6.45) is 0.331. The van der Waals surface area contributed by atoms with Gasteiger partial charge in [0.1, 0.15) is 0 Å². The van der Waals surface area contributed by atoms with Crippen LogP contribution in [0.3, 0.4) is 0 Å². The van der Waals surface area contributed by atoms with E-state index >= 15 is 0 Å². The number of rotatable bonds is 4. The molecule has 0 atom stereocenters. The van der Waals surface area contributed by atoms with Crippen LogP contribution in [0.5, 0.6) is 0 Å². The summed E-state index contributed by atoms with van der Waals surface area (Å²) in [5, 5.41) is 11.6. The van der Waals surface area contributed by atoms with Crippen LogP contribution in [0.15, 0.2) is 48.5 Å². The van der Waals surface area contributed by atoms with Gasteiger partial charge in [0.2, 0.25) is 5.91 Å². The molecule has 2 aromatic rings. The summed E-state index contributed by atoms with van der Waals surface area (Å²) < 4.78 is 0. The van der Waals surface area contributed by atoms with Crippen molar-refractivity contribution in [3.8, 4) is 6.07 Å². The number of hydrogen-bond donors (Lipinski definition) is 1. The topological polar surface area (TPSA) is 52.9 Å². The van der Waals surface area contributed by atoms with Crippen LogP contribution >= 0.6 is 0 Å². The maximum absolute atomic E-state index is 11.8. The second-order valence-electron chi connectivity index (χ2n) is 4.75. The highest BCUT2D eigenvalue weighted by Crippen LogP contribution is 2.05. The lowest BCUT2D eigenvalue weighted by molar-refractivity contribution is -0.120. The van der Waals surface area contributed by atoms with Crippen LogP contribution in [0, 0.1) is 18.3 Å². The summed E-state index contributed by atoms with van der Waals surface area (Å²) in [5.41, 5.74) is 3.81. The van der Waals surface area contributed by atoms with Gasteiger partial charge in [-0.2, -0.15) is 5.26 Å². The normalized spacial score (nSPS) is 9.80. The van der Waals surface area contributed by atoms with Gasteiger partial charge in [-0.3, -0.25) is 4.79 Å². The van der Waals surface area contributed by atoms with Gasteiger partial charge in [-0.15, -0.1) is 0 Å². The number of amides is 1. The Morgan fingerprint density at radius 1 is 1.05 bits per heavy atom. The summed E-state index contributed by atoms with van der Waals surface area (Å²) in [5.74, 6) is -0.0183. The molecule has 0 spiro atoms. The Labute approximate surface area is 118 Å². The predicted octanol–water partition coefficient (Wildman–Crippen LogP) is 2.73. The summed E-state index contributed by atoms with van der Waals surface area (Å²) >= 11 is 0. The van der Waals surface area contributed by atoms with Crippen molar-refractivity contribution < 1.29 is 4.79 Å². The fraction of sp³-hybridized carbons (Fsp3) is 0.176. The summed E-state index contributed by atoms with van der Waals surface area (Å²) in [6, 6.07) is 17.2. The fourth-order valence-electron chi connectivity index (χ4n) is 1.85. The van der Waals surface area contributed by atoms with Crippen molar-refractivity contribution in [2.24, 2.45) is 0 Å². The third kappa shape index (κ3) is 3.96. The van der Waals surface area contributed by atoms with Gasteiger partial charge in [0.15, 0.2) is 0 Å². The van der Waals surface area contributed by atoms with Crippen molar-refractivity contribution in [3.63, 3.8) is 0 Å². The number of hydrogen-bond acceptors (Lipinski definition) is 2. The highest BCUT2D eigenvalue weighted by molar-refractivity contribution is 5.78. The molecule has 0 fully saturated rings. The van der Waals surface area contributed by atoms with Crippen molar-refractivity contribution >= 4 is 5.91 Å². The van der Waals surface area contributed by atoms with Gasteiger partial charge in [-0.25, -0.2) is 0 Å². The van der Waals surface area contributed by atoms with Crippen molar-refractivity contribution in [1.29, 1.82) is 5.26 Å². The van der Waals surface area contributed by atoms with Crippen LogP contribution < -0.4 is 5.32 Å². The predicted molar refractivity (Wildman–Crippen MR) is 77.9 cm³/mol. The number of nitrogens with zero attached hydrogens (tertiary/aromatic N) is 1. The van der Waals surface area contributed by atoms with Crippen molar-refractivity contribution in [2.45, 2.75) is 19.9 Å². The number of nitriles is 1. The molecule has 0 aliphatic heterocycles. The monoisotopic (exact) mass is 264 g/mol. The van der Waals surface area contributed by atoms with E-state index in [1.54, 1.807) is 12.1 Å². The van der Waals surface area contributed by atoms with Gasteiger partial charge >= 0.3 is 0 Å². The zero-order chi connectivity index (χ0) is 14.4. The Kier molecular flexibility index (Phi) is 4.52. The van der Waals surface area contributed by atoms with Gasteiger partial charge in [-0.1, -0.05) is 42.0 Å². The van der Waals surface area contributed by atoms with Crippen molar-refractivity contribution in [2.75, 3.05) is 0 Å². The second-order valence-corrected chi connectivity index (χ2v) is 4.75. The first-order valence-electron chi connectivity index (χ1n) is 6.48. The number of benzene rings is 2. The number of aryl methyl sites for hydroxylation is 1. The van der Waals surface area contributed by atoms with Crippen LogP contribution in [0.1, 0.15) is 22.3 Å². The highest BCUT2D eigenvalue weighted by Gasteiger charge is 2.03. The minimum Gasteiger partial charge on any atom is -0.352 e. The Balaban J connectivity index is 1.86. The smallest absolute Gasteiger partial charge is 0.224 e. The van der Waals surface area contributed by atoms with Gasteiger partial charge in [0.25, 0.3) is 0 Å². The highest BCUT2D eigenvalue weighted by atomic mass is 16.1. The number of carbonyl (C=O) groups is 1. The fourth-order valence-corrected chi connectivity index (χ4v) is 1.85. The van der Waals surface area contributed by atoms with Crippen LogP contribution in [0.4, 0.5) is 0 Å². The molecule has 20 heavy (non-hydrogen) atoms. The van der Waals surface area contributed by atoms with Crippen LogP contribution in [-0.4, -0.2) is 5.91 Å². The lowest BCUT2D eigenvalue weighted by atomic mass is 10.1. The standard InChI is InChI=1S/C17H16N2O/c1-13-2-4-16(5-3-13)12-19-17(20)10-14-6-8-15(11-18)9-7-14/h2-9H,10,12H2,1H3,(H,19,20). The van der Waals surface area contributed by atoms with Gasteiger partial charge in [0.05, 0.1) is 18.1 Å². The zero-order valence-corrected chi connectivity index (χ0v) is 11.4. The van der Waals surface area contributed by atoms with E-state index in [9.17, 15) is 4.79 Å². The second kappa shape index (κ2) is 6.53. The van der Waals surface area contributed by atoms with E-state index in [1.165, 1.54) is 5.56 Å². The third-order valence-corrected chi connectivity index (χ3v) is 3.06. The van der Waals surface area contributed by atoms with E-state index in [0.717, 1.165) is 11.1 Å². The molecule has 0 bridgehead atoms. The summed E-state index contributed by atoms with van der Waals surface area (Å²) in [6.45, 7) is 2.57. The van der Waals surface area contributed by atoms with E-state index < -0.39 is 0 Å². The minimum atomic E-state index is -0.0183. The molecule has 0 aromatic heterocycles. The Morgan fingerprint density at radius 2 is 1.65 bits per heavy atom. The third-order valence-electron chi connectivity index (χ3n) is 3.06. The molecule has 100 valence electrons. The molecular weight excluding hydrogens is 248 g/mol. The minimum absolute atomic E-state index is 0.0183. The van der Waals surface area contributed by atoms with E-state index in [4.69, 9.17) is 5.26 Å². The molecule has 0 aliphatic carbocycles. The summed E-state index contributed by atoms with van der Waals surface area (Å²) in [4.78, 5) is 11.8. The lowest BCUT2D eigenvalue weighted by Crippen LogP contribution is -2.24. The summed E-state index contributed by atoms with van der Waals surface area (Å²) in [7, 11) is 0. The molecular formula is C17H16N2O. The SMILES string of the molecule is Cc1ccc(CNC(=O)Cc2ccc(C#N)cc2)cc1. The Morgan fingerprint density at radius 3 is 2.25 bits per heavy atom. The van der Waals surface area contributed by atoms with Crippen LogP contribution in [0.25, 0.3) is 0 Å². The Bertz CT molecular complexity index is 622. The van der Waals surface area contributed by atoms with E-state index in [0.29, 0.717) is 18.5 Å². The molecule has 0 saturated heterocycles. The molecule has 0 unspecified atom stereocenters. The number of nitrogens with one attached hydrogen (secondary N) is 1. The molecule has 3 heteroatoms. The average molecular weight is 264 g/mol. The molecule has 0 saturated carbocycles. The molecule has 0 aliphatic rings. The van der Waals surface area contributed by atoms with Crippen molar-refractivity contribution in [3.05, 3.63) is 70.8 Å². The van der Waals surface area contributed by atoms with E-state index in [2.05, 4.69) is 11.4 Å². The molecule has 3 nitrogen and oxygen atoms in total. The lowest BCUT2D eigenvalue weighted by Gasteiger charge is -2.06. The first-order valence-corrected chi connectivity index (χ1v) is 6.48. The van der Waals surface area contributed by atoms with Crippen LogP contribution in [-0.2, 0) is 17.8 Å². The van der Waals surface area contributed by atoms with E-state index in [1.807, 2.05) is 43.3 Å². The molecule has 0 radical (unpaired) electrons. The maximum Gasteiger partial charge on any atom is 0.224 e. The quantitative estimate of drug-likeness (QED) is 0.923. The molecule has 2 aromatic carbocycles. The average Bonchev–Trinajstić information content (AvgIpc) is 2.47. The maximum atomic E-state index is 11.8. The Hall–Kier alpha value is -2.60. The van der Waals surface area contributed by atoms with Gasteiger partial charge in [0, 0.05) is 6.54 Å². The molecule has 0 heterocycles. The van der Waals surface area contributed by atoms with Gasteiger partial charge in [-0.05, 0) is 30.2 Å². The van der Waals surface area contributed by atoms with Crippen molar-refractivity contribution in [1.82, 2.24) is 5.32 Å². The largest absolute Gasteiger partial charge is 0.352 e. The molecule has 1 N–H and O–H groups in total. The molecule has 1 amide bonds. The molecule has 2 rings (SSSR count). The first-order chi connectivity index (χ1) is 9.67. The zero-order valence-electron chi connectivity index (χ0n) is 11.4. The van der Waals surface area contributed by atoms with E-state index in [-0.39, 0.29) is 5.91 Å². The van der Waals surface area contributed by atoms with Crippen LogP contribution in [0.2, 0.25) is 0 Å².